The van der Waals surface area contributed by atoms with Crippen LogP contribution >= 0.6 is 0 Å². The fourth-order valence-corrected chi connectivity index (χ4v) is 4.44. The summed E-state index contributed by atoms with van der Waals surface area (Å²) in [7, 11) is -0.427. The summed E-state index contributed by atoms with van der Waals surface area (Å²) < 4.78 is 25.8. The summed E-state index contributed by atoms with van der Waals surface area (Å²) >= 11 is 0. The Morgan fingerprint density at radius 2 is 1.90 bits per heavy atom. The van der Waals surface area contributed by atoms with Gasteiger partial charge in [-0.05, 0) is 31.0 Å². The first-order valence-corrected chi connectivity index (χ1v) is 11.4. The molecule has 1 aromatic heterocycles. The molecular weight excluding hydrogens is 392 g/mol. The second-order valence-electron chi connectivity index (χ2n) is 8.04. The summed E-state index contributed by atoms with van der Waals surface area (Å²) in [6, 6.07) is 5.37. The topological polar surface area (TPSA) is 102 Å². The number of H-pyrrole nitrogens is 1. The third kappa shape index (κ3) is 4.77. The molecular formula is C19H28N6O3S. The highest BCUT2D eigenvalue weighted by atomic mass is 32.2. The number of carbonyl (C=O) groups excluding carboxylic acids is 1. The van der Waals surface area contributed by atoms with Crippen molar-refractivity contribution in [3.8, 4) is 0 Å². The third-order valence-corrected chi connectivity index (χ3v) is 7.24. The quantitative estimate of drug-likeness (QED) is 0.664. The van der Waals surface area contributed by atoms with E-state index >= 15 is 0 Å². The minimum atomic E-state index is -3.47. The van der Waals surface area contributed by atoms with Crippen molar-refractivity contribution < 1.29 is 13.2 Å². The van der Waals surface area contributed by atoms with Gasteiger partial charge in [0.2, 0.25) is 15.9 Å². The van der Waals surface area contributed by atoms with Crippen molar-refractivity contribution in [3.05, 3.63) is 24.0 Å². The zero-order valence-electron chi connectivity index (χ0n) is 16.9. The maximum absolute atomic E-state index is 12.3. The van der Waals surface area contributed by atoms with E-state index in [-0.39, 0.29) is 10.8 Å². The van der Waals surface area contributed by atoms with Crippen LogP contribution in [-0.4, -0.2) is 91.3 Å². The molecule has 1 saturated carbocycles. The fourth-order valence-electron chi connectivity index (χ4n) is 3.51. The van der Waals surface area contributed by atoms with Crippen molar-refractivity contribution in [2.24, 2.45) is 0 Å². The molecule has 9 nitrogen and oxygen atoms in total. The van der Waals surface area contributed by atoms with Crippen LogP contribution in [0.25, 0.3) is 11.0 Å². The maximum Gasteiger partial charge on any atom is 0.242 e. The summed E-state index contributed by atoms with van der Waals surface area (Å²) in [4.78, 5) is 24.5. The minimum Gasteiger partial charge on any atom is -0.352 e. The summed E-state index contributed by atoms with van der Waals surface area (Å²) in [6.45, 7) is 4.58. The van der Waals surface area contributed by atoms with Gasteiger partial charge in [0, 0.05) is 46.3 Å². The molecule has 2 aromatic rings. The third-order valence-electron chi connectivity index (χ3n) is 5.43. The molecule has 29 heavy (non-hydrogen) atoms. The van der Waals surface area contributed by atoms with Gasteiger partial charge in [0.15, 0.2) is 0 Å². The van der Waals surface area contributed by atoms with Crippen molar-refractivity contribution in [1.82, 2.24) is 29.4 Å². The zero-order valence-corrected chi connectivity index (χ0v) is 17.7. The molecule has 1 saturated heterocycles. The molecule has 0 spiro atoms. The molecule has 1 aliphatic heterocycles. The predicted octanol–water partition coefficient (Wildman–Crippen LogP) is 0.209. The Balaban J connectivity index is 1.34. The lowest BCUT2D eigenvalue weighted by Crippen LogP contribution is -2.49. The molecule has 10 heteroatoms. The maximum atomic E-state index is 12.3. The number of rotatable bonds is 7. The van der Waals surface area contributed by atoms with E-state index in [1.54, 1.807) is 18.2 Å². The predicted molar refractivity (Wildman–Crippen MR) is 110 cm³/mol. The molecule has 1 aliphatic carbocycles. The highest BCUT2D eigenvalue weighted by molar-refractivity contribution is 7.89. The Labute approximate surface area is 171 Å². The number of carbonyl (C=O) groups is 1. The molecule has 0 atom stereocenters. The van der Waals surface area contributed by atoms with E-state index in [9.17, 15) is 13.2 Å². The van der Waals surface area contributed by atoms with E-state index in [4.69, 9.17) is 0 Å². The molecule has 0 unspecified atom stereocenters. The standard InChI is InChI=1S/C19H28N6O3S/c1-23(2)29(27,28)15-5-6-16-17(11-15)22-18(21-16)12-24-7-9-25(10-8-24)13-19(26)20-14-3-4-14/h5-6,11,14H,3-4,7-10,12-13H2,1-2H3,(H,20,26)(H,21,22). The van der Waals surface area contributed by atoms with E-state index in [1.807, 2.05) is 0 Å². The van der Waals surface area contributed by atoms with Gasteiger partial charge in [0.05, 0.1) is 29.0 Å². The number of aromatic amines is 1. The Morgan fingerprint density at radius 3 is 2.55 bits per heavy atom. The van der Waals surface area contributed by atoms with Gasteiger partial charge in [-0.25, -0.2) is 17.7 Å². The van der Waals surface area contributed by atoms with Crippen molar-refractivity contribution >= 4 is 27.0 Å². The van der Waals surface area contributed by atoms with Gasteiger partial charge >= 0.3 is 0 Å². The monoisotopic (exact) mass is 420 g/mol. The summed E-state index contributed by atoms with van der Waals surface area (Å²) in [5.41, 5.74) is 1.48. The number of piperazine rings is 1. The van der Waals surface area contributed by atoms with Gasteiger partial charge in [0.1, 0.15) is 5.82 Å². The Bertz CT molecular complexity index is 991. The van der Waals surface area contributed by atoms with Gasteiger partial charge in [-0.3, -0.25) is 14.6 Å². The molecule has 1 amide bonds. The number of aromatic nitrogens is 2. The summed E-state index contributed by atoms with van der Waals surface area (Å²) in [6.07, 6.45) is 2.22. The lowest BCUT2D eigenvalue weighted by Gasteiger charge is -2.33. The molecule has 0 radical (unpaired) electrons. The number of nitrogens with zero attached hydrogens (tertiary/aromatic N) is 4. The summed E-state index contributed by atoms with van der Waals surface area (Å²) in [5.74, 6) is 0.945. The molecule has 2 heterocycles. The molecule has 2 N–H and O–H groups in total. The normalized spacial score (nSPS) is 19.1. The van der Waals surface area contributed by atoms with Crippen molar-refractivity contribution in [1.29, 1.82) is 0 Å². The SMILES string of the molecule is CN(C)S(=O)(=O)c1ccc2nc(CN3CCN(CC(=O)NC4CC4)CC3)[nH]c2c1. The molecule has 158 valence electrons. The molecule has 0 bridgehead atoms. The van der Waals surface area contributed by atoms with Crippen LogP contribution in [0.4, 0.5) is 0 Å². The number of nitrogens with one attached hydrogen (secondary N) is 2. The first kappa shape index (κ1) is 20.3. The fraction of sp³-hybridized carbons (Fsp3) is 0.579. The van der Waals surface area contributed by atoms with E-state index in [0.29, 0.717) is 19.1 Å². The number of amides is 1. The Kier molecular flexibility index (Phi) is 5.60. The summed E-state index contributed by atoms with van der Waals surface area (Å²) in [5, 5.41) is 3.03. The second kappa shape index (κ2) is 8.02. The Morgan fingerprint density at radius 1 is 1.21 bits per heavy atom. The number of imidazole rings is 1. The van der Waals surface area contributed by atoms with Crippen LogP contribution in [0.2, 0.25) is 0 Å². The number of benzene rings is 1. The zero-order chi connectivity index (χ0) is 20.6. The van der Waals surface area contributed by atoms with Crippen LogP contribution in [-0.2, 0) is 21.4 Å². The smallest absolute Gasteiger partial charge is 0.242 e. The molecule has 4 rings (SSSR count). The van der Waals surface area contributed by atoms with Crippen molar-refractivity contribution in [3.63, 3.8) is 0 Å². The largest absolute Gasteiger partial charge is 0.352 e. The van der Waals surface area contributed by atoms with Crippen molar-refractivity contribution in [2.75, 3.05) is 46.8 Å². The van der Waals surface area contributed by atoms with Crippen molar-refractivity contribution in [2.45, 2.75) is 30.3 Å². The van der Waals surface area contributed by atoms with Crippen LogP contribution in [0.3, 0.4) is 0 Å². The number of hydrogen-bond acceptors (Lipinski definition) is 6. The highest BCUT2D eigenvalue weighted by Crippen LogP contribution is 2.20. The van der Waals surface area contributed by atoms with Gasteiger partial charge < -0.3 is 10.3 Å². The minimum absolute atomic E-state index is 0.127. The van der Waals surface area contributed by atoms with Gasteiger partial charge in [-0.1, -0.05) is 0 Å². The van der Waals surface area contributed by atoms with Crippen LogP contribution < -0.4 is 5.32 Å². The average Bonchev–Trinajstić information content (AvgIpc) is 3.39. The van der Waals surface area contributed by atoms with E-state index in [1.165, 1.54) is 18.4 Å². The second-order valence-corrected chi connectivity index (χ2v) is 10.2. The average molecular weight is 421 g/mol. The molecule has 2 fully saturated rings. The number of fused-ring (bicyclic) bond motifs is 1. The highest BCUT2D eigenvalue weighted by Gasteiger charge is 2.25. The number of sulfonamides is 1. The van der Waals surface area contributed by atoms with Crippen LogP contribution in [0.5, 0.6) is 0 Å². The van der Waals surface area contributed by atoms with Crippen LogP contribution in [0.1, 0.15) is 18.7 Å². The van der Waals surface area contributed by atoms with E-state index < -0.39 is 10.0 Å². The molecule has 1 aromatic carbocycles. The first-order chi connectivity index (χ1) is 13.8. The van der Waals surface area contributed by atoms with Gasteiger partial charge in [0.25, 0.3) is 0 Å². The Hall–Kier alpha value is -2.01. The van der Waals surface area contributed by atoms with Crippen LogP contribution in [0.15, 0.2) is 23.1 Å². The van der Waals surface area contributed by atoms with Gasteiger partial charge in [-0.2, -0.15) is 0 Å². The first-order valence-electron chi connectivity index (χ1n) is 9.96. The lowest BCUT2D eigenvalue weighted by atomic mass is 10.3. The van der Waals surface area contributed by atoms with Gasteiger partial charge in [-0.15, -0.1) is 0 Å². The van der Waals surface area contributed by atoms with Crippen LogP contribution in [0, 0.1) is 0 Å². The van der Waals surface area contributed by atoms with E-state index in [2.05, 4.69) is 25.1 Å². The number of hydrogen-bond donors (Lipinski definition) is 2. The van der Waals surface area contributed by atoms with E-state index in [0.717, 1.165) is 55.9 Å². The lowest BCUT2D eigenvalue weighted by molar-refractivity contribution is -0.122. The molecule has 2 aliphatic rings.